The van der Waals surface area contributed by atoms with Crippen LogP contribution in [0.2, 0.25) is 10.0 Å². The number of anilines is 1. The van der Waals surface area contributed by atoms with Crippen molar-refractivity contribution in [2.75, 3.05) is 5.32 Å². The van der Waals surface area contributed by atoms with E-state index in [2.05, 4.69) is 15.3 Å². The number of aromatic nitrogens is 2. The van der Waals surface area contributed by atoms with E-state index in [1.807, 2.05) is 12.1 Å². The molecule has 0 unspecified atom stereocenters. The second kappa shape index (κ2) is 6.78. The summed E-state index contributed by atoms with van der Waals surface area (Å²) in [6.07, 6.45) is 3.01. The van der Waals surface area contributed by atoms with Crippen molar-refractivity contribution in [2.24, 2.45) is 0 Å². The molecule has 2 aromatic carbocycles. The van der Waals surface area contributed by atoms with Crippen LogP contribution >= 0.6 is 23.2 Å². The molecule has 1 amide bonds. The Balaban J connectivity index is 1.59. The quantitative estimate of drug-likeness (QED) is 0.510. The Labute approximate surface area is 158 Å². The maximum absolute atomic E-state index is 12.3. The van der Waals surface area contributed by atoms with E-state index in [9.17, 15) is 4.79 Å². The minimum Gasteiger partial charge on any atom is -0.443 e. The summed E-state index contributed by atoms with van der Waals surface area (Å²) in [5.74, 6) is 0.0928. The number of oxazole rings is 1. The lowest BCUT2D eigenvalue weighted by molar-refractivity contribution is 0.102. The standard InChI is InChI=1S/C19H11Cl2N3O2/c20-14-4-2-1-3-12(14)19(25)24-18-6-5-11(9-22-18)13-7-16-17(8-15(13)21)26-10-23-16/h1-10H,(H,22,24,25). The van der Waals surface area contributed by atoms with E-state index in [4.69, 9.17) is 27.6 Å². The van der Waals surface area contributed by atoms with E-state index >= 15 is 0 Å². The summed E-state index contributed by atoms with van der Waals surface area (Å²) in [4.78, 5) is 20.7. The molecule has 4 aromatic rings. The molecular weight excluding hydrogens is 373 g/mol. The monoisotopic (exact) mass is 383 g/mol. The van der Waals surface area contributed by atoms with Gasteiger partial charge in [-0.05, 0) is 30.3 Å². The summed E-state index contributed by atoms with van der Waals surface area (Å²) >= 11 is 12.4. The average Bonchev–Trinajstić information content (AvgIpc) is 3.09. The van der Waals surface area contributed by atoms with Crippen LogP contribution in [-0.2, 0) is 0 Å². The van der Waals surface area contributed by atoms with Crippen molar-refractivity contribution in [2.45, 2.75) is 0 Å². The normalized spacial score (nSPS) is 10.8. The van der Waals surface area contributed by atoms with Gasteiger partial charge in [0.25, 0.3) is 5.91 Å². The van der Waals surface area contributed by atoms with E-state index in [0.717, 1.165) is 11.1 Å². The summed E-state index contributed by atoms with van der Waals surface area (Å²) in [6, 6.07) is 13.9. The third-order valence-electron chi connectivity index (χ3n) is 3.85. The smallest absolute Gasteiger partial charge is 0.258 e. The van der Waals surface area contributed by atoms with Crippen molar-refractivity contribution in [1.29, 1.82) is 0 Å². The molecule has 7 heteroatoms. The summed E-state index contributed by atoms with van der Waals surface area (Å²) in [7, 11) is 0. The van der Waals surface area contributed by atoms with E-state index in [-0.39, 0.29) is 5.91 Å². The fourth-order valence-corrected chi connectivity index (χ4v) is 3.04. The number of hydrogen-bond acceptors (Lipinski definition) is 4. The lowest BCUT2D eigenvalue weighted by atomic mass is 10.1. The van der Waals surface area contributed by atoms with Gasteiger partial charge < -0.3 is 9.73 Å². The van der Waals surface area contributed by atoms with E-state index < -0.39 is 0 Å². The number of rotatable bonds is 3. The van der Waals surface area contributed by atoms with Gasteiger partial charge in [-0.1, -0.05) is 35.3 Å². The second-order valence-corrected chi connectivity index (χ2v) is 6.33. The highest BCUT2D eigenvalue weighted by Crippen LogP contribution is 2.31. The third kappa shape index (κ3) is 3.14. The number of carbonyl (C=O) groups excluding carboxylic acids is 1. The molecule has 0 spiro atoms. The highest BCUT2D eigenvalue weighted by molar-refractivity contribution is 6.34. The molecule has 0 saturated heterocycles. The van der Waals surface area contributed by atoms with Gasteiger partial charge in [-0.3, -0.25) is 4.79 Å². The van der Waals surface area contributed by atoms with Crippen molar-refractivity contribution >= 4 is 46.0 Å². The Kier molecular flexibility index (Phi) is 4.32. The van der Waals surface area contributed by atoms with Crippen molar-refractivity contribution < 1.29 is 9.21 Å². The van der Waals surface area contributed by atoms with Crippen LogP contribution in [0.5, 0.6) is 0 Å². The van der Waals surface area contributed by atoms with Crippen LogP contribution in [0.4, 0.5) is 5.82 Å². The van der Waals surface area contributed by atoms with Gasteiger partial charge in [0.05, 0.1) is 15.6 Å². The van der Waals surface area contributed by atoms with Crippen LogP contribution in [0.1, 0.15) is 10.4 Å². The molecule has 0 atom stereocenters. The Bertz CT molecular complexity index is 1110. The van der Waals surface area contributed by atoms with Crippen molar-refractivity contribution in [3.63, 3.8) is 0 Å². The fraction of sp³-hybridized carbons (Fsp3) is 0. The van der Waals surface area contributed by atoms with Gasteiger partial charge in [0, 0.05) is 23.4 Å². The lowest BCUT2D eigenvalue weighted by Crippen LogP contribution is -2.13. The predicted octanol–water partition coefficient (Wildman–Crippen LogP) is 5.45. The topological polar surface area (TPSA) is 68.0 Å². The summed E-state index contributed by atoms with van der Waals surface area (Å²) < 4.78 is 5.23. The van der Waals surface area contributed by atoms with Crippen LogP contribution in [0.25, 0.3) is 22.2 Å². The zero-order valence-corrected chi connectivity index (χ0v) is 14.8. The van der Waals surface area contributed by atoms with Gasteiger partial charge in [-0.2, -0.15) is 0 Å². The van der Waals surface area contributed by atoms with Crippen LogP contribution in [0.3, 0.4) is 0 Å². The van der Waals surface area contributed by atoms with Crippen LogP contribution in [-0.4, -0.2) is 15.9 Å². The van der Waals surface area contributed by atoms with Gasteiger partial charge in [0.1, 0.15) is 11.3 Å². The number of pyridine rings is 1. The molecule has 5 nitrogen and oxygen atoms in total. The first-order valence-electron chi connectivity index (χ1n) is 7.67. The molecular formula is C19H11Cl2N3O2. The van der Waals surface area contributed by atoms with Crippen molar-refractivity contribution in [3.05, 3.63) is 76.7 Å². The lowest BCUT2D eigenvalue weighted by Gasteiger charge is -2.08. The van der Waals surface area contributed by atoms with E-state index in [1.54, 1.807) is 42.6 Å². The molecule has 0 fully saturated rings. The van der Waals surface area contributed by atoms with Crippen LogP contribution in [0, 0.1) is 0 Å². The molecule has 128 valence electrons. The number of nitrogens with zero attached hydrogens (tertiary/aromatic N) is 2. The number of benzene rings is 2. The van der Waals surface area contributed by atoms with E-state index in [1.165, 1.54) is 6.39 Å². The predicted molar refractivity (Wildman–Crippen MR) is 102 cm³/mol. The molecule has 26 heavy (non-hydrogen) atoms. The SMILES string of the molecule is O=C(Nc1ccc(-c2cc3ncoc3cc2Cl)cn1)c1ccccc1Cl. The van der Waals surface area contributed by atoms with Crippen LogP contribution in [0.15, 0.2) is 65.5 Å². The minimum atomic E-state index is -0.321. The van der Waals surface area contributed by atoms with Crippen molar-refractivity contribution in [3.8, 4) is 11.1 Å². The molecule has 0 saturated carbocycles. The number of carbonyl (C=O) groups is 1. The molecule has 0 aliphatic heterocycles. The molecule has 0 aliphatic carbocycles. The Morgan fingerprint density at radius 2 is 1.85 bits per heavy atom. The van der Waals surface area contributed by atoms with Crippen molar-refractivity contribution in [1.82, 2.24) is 9.97 Å². The average molecular weight is 384 g/mol. The first-order valence-corrected chi connectivity index (χ1v) is 8.42. The second-order valence-electron chi connectivity index (χ2n) is 5.52. The minimum absolute atomic E-state index is 0.321. The number of hydrogen-bond donors (Lipinski definition) is 1. The molecule has 0 aliphatic rings. The van der Waals surface area contributed by atoms with Gasteiger partial charge in [-0.25, -0.2) is 9.97 Å². The Morgan fingerprint density at radius 3 is 2.62 bits per heavy atom. The molecule has 1 N–H and O–H groups in total. The first-order chi connectivity index (χ1) is 12.6. The Hall–Kier alpha value is -2.89. The maximum atomic E-state index is 12.3. The summed E-state index contributed by atoms with van der Waals surface area (Å²) in [5.41, 5.74) is 3.30. The highest BCUT2D eigenvalue weighted by atomic mass is 35.5. The van der Waals surface area contributed by atoms with Gasteiger partial charge >= 0.3 is 0 Å². The highest BCUT2D eigenvalue weighted by Gasteiger charge is 2.12. The number of fused-ring (bicyclic) bond motifs is 1. The number of nitrogens with one attached hydrogen (secondary N) is 1. The largest absolute Gasteiger partial charge is 0.443 e. The van der Waals surface area contributed by atoms with Gasteiger partial charge in [0.2, 0.25) is 0 Å². The Morgan fingerprint density at radius 1 is 1.00 bits per heavy atom. The zero-order valence-electron chi connectivity index (χ0n) is 13.2. The van der Waals surface area contributed by atoms with Gasteiger partial charge in [-0.15, -0.1) is 0 Å². The summed E-state index contributed by atoms with van der Waals surface area (Å²) in [6.45, 7) is 0. The zero-order chi connectivity index (χ0) is 18.1. The third-order valence-corrected chi connectivity index (χ3v) is 4.50. The fourth-order valence-electron chi connectivity index (χ4n) is 2.56. The first kappa shape index (κ1) is 16.6. The maximum Gasteiger partial charge on any atom is 0.258 e. The summed E-state index contributed by atoms with van der Waals surface area (Å²) in [5, 5.41) is 3.64. The van der Waals surface area contributed by atoms with Gasteiger partial charge in [0.15, 0.2) is 12.0 Å². The molecule has 2 aromatic heterocycles. The molecule has 4 rings (SSSR count). The van der Waals surface area contributed by atoms with Crippen LogP contribution < -0.4 is 5.32 Å². The molecule has 0 radical (unpaired) electrons. The molecule has 0 bridgehead atoms. The number of halogens is 2. The number of amides is 1. The van der Waals surface area contributed by atoms with E-state index in [0.29, 0.717) is 32.5 Å². The molecule has 2 heterocycles.